The summed E-state index contributed by atoms with van der Waals surface area (Å²) in [7, 11) is 0. The van der Waals surface area contributed by atoms with Crippen molar-refractivity contribution in [1.82, 2.24) is 9.36 Å². The Kier molecular flexibility index (Phi) is 2.85. The van der Waals surface area contributed by atoms with E-state index in [0.29, 0.717) is 5.28 Å². The van der Waals surface area contributed by atoms with E-state index in [2.05, 4.69) is 25.3 Å². The van der Waals surface area contributed by atoms with Gasteiger partial charge in [-0.05, 0) is 47.8 Å². The minimum absolute atomic E-state index is 0.310. The molecule has 0 radical (unpaired) electrons. The number of aromatic nitrogens is 2. The molecule has 0 unspecified atom stereocenters. The number of benzene rings is 1. The zero-order valence-electron chi connectivity index (χ0n) is 7.29. The van der Waals surface area contributed by atoms with Crippen molar-refractivity contribution in [2.75, 3.05) is 0 Å². The van der Waals surface area contributed by atoms with Gasteiger partial charge in [0, 0.05) is 10.0 Å². The molecule has 1 aromatic heterocycles. The fourth-order valence-corrected chi connectivity index (χ4v) is 2.39. The second-order valence-electron chi connectivity index (χ2n) is 2.83. The maximum absolute atomic E-state index is 5.68. The van der Waals surface area contributed by atoms with E-state index in [1.165, 1.54) is 17.1 Å². The van der Waals surface area contributed by atoms with E-state index in [1.54, 1.807) is 0 Å². The molecule has 2 rings (SSSR count). The molecule has 0 spiro atoms. The smallest absolute Gasteiger partial charge is 0.205 e. The van der Waals surface area contributed by atoms with E-state index in [9.17, 15) is 0 Å². The van der Waals surface area contributed by atoms with E-state index >= 15 is 0 Å². The average Bonchev–Trinajstić information content (AvgIpc) is 2.56. The molecule has 0 aliphatic rings. The first-order valence-electron chi connectivity index (χ1n) is 3.92. The largest absolute Gasteiger partial charge is 0.234 e. The molecular weight excluding hydrogens is 284 g/mol. The number of hydrogen-bond donors (Lipinski definition) is 0. The average molecular weight is 290 g/mol. The number of aryl methyl sites for hydroxylation is 1. The molecular formula is C9H6BrClN2S. The Balaban J connectivity index is 2.55. The van der Waals surface area contributed by atoms with Gasteiger partial charge in [0.25, 0.3) is 0 Å². The van der Waals surface area contributed by atoms with Crippen LogP contribution < -0.4 is 0 Å². The Morgan fingerprint density at radius 3 is 2.86 bits per heavy atom. The Morgan fingerprint density at radius 1 is 1.43 bits per heavy atom. The summed E-state index contributed by atoms with van der Waals surface area (Å²) in [5.41, 5.74) is 2.24. The van der Waals surface area contributed by atoms with Gasteiger partial charge in [0.15, 0.2) is 0 Å². The summed E-state index contributed by atoms with van der Waals surface area (Å²) in [6.07, 6.45) is 0. The van der Waals surface area contributed by atoms with Gasteiger partial charge in [0.2, 0.25) is 5.28 Å². The Hall–Kier alpha value is -0.450. The molecule has 0 saturated heterocycles. The van der Waals surface area contributed by atoms with Crippen LogP contribution in [0.4, 0.5) is 0 Å². The quantitative estimate of drug-likeness (QED) is 0.795. The van der Waals surface area contributed by atoms with Crippen LogP contribution in [-0.4, -0.2) is 9.36 Å². The fraction of sp³-hybridized carbons (Fsp3) is 0.111. The zero-order chi connectivity index (χ0) is 10.1. The molecule has 0 fully saturated rings. The molecule has 0 saturated carbocycles. The summed E-state index contributed by atoms with van der Waals surface area (Å²) < 4.78 is 4.98. The van der Waals surface area contributed by atoms with Crippen LogP contribution in [0.25, 0.3) is 10.6 Å². The van der Waals surface area contributed by atoms with E-state index in [4.69, 9.17) is 11.6 Å². The van der Waals surface area contributed by atoms with Gasteiger partial charge in [-0.1, -0.05) is 22.0 Å². The fourth-order valence-electron chi connectivity index (χ4n) is 1.14. The maximum atomic E-state index is 5.68. The van der Waals surface area contributed by atoms with Gasteiger partial charge in [-0.3, -0.25) is 0 Å². The standard InChI is InChI=1S/C9H6BrClN2S/c1-5-2-3-6(10)4-7(5)8-12-9(11)13-14-8/h2-4H,1H3. The monoisotopic (exact) mass is 288 g/mol. The van der Waals surface area contributed by atoms with E-state index in [1.807, 2.05) is 25.1 Å². The van der Waals surface area contributed by atoms with Gasteiger partial charge >= 0.3 is 0 Å². The van der Waals surface area contributed by atoms with Gasteiger partial charge in [-0.25, -0.2) is 4.98 Å². The van der Waals surface area contributed by atoms with Crippen LogP contribution in [0.15, 0.2) is 22.7 Å². The first-order valence-corrected chi connectivity index (χ1v) is 5.87. The van der Waals surface area contributed by atoms with Gasteiger partial charge in [-0.15, -0.1) is 0 Å². The minimum Gasteiger partial charge on any atom is -0.205 e. The molecule has 2 aromatic rings. The molecule has 5 heteroatoms. The predicted molar refractivity (Wildman–Crippen MR) is 62.8 cm³/mol. The first kappa shape index (κ1) is 10.1. The molecule has 0 bridgehead atoms. The summed E-state index contributed by atoms with van der Waals surface area (Å²) in [6, 6.07) is 6.06. The van der Waals surface area contributed by atoms with Crippen molar-refractivity contribution < 1.29 is 0 Å². The minimum atomic E-state index is 0.310. The number of hydrogen-bond acceptors (Lipinski definition) is 3. The first-order chi connectivity index (χ1) is 6.66. The number of nitrogens with zero attached hydrogens (tertiary/aromatic N) is 2. The van der Waals surface area contributed by atoms with Crippen molar-refractivity contribution in [2.45, 2.75) is 6.92 Å². The topological polar surface area (TPSA) is 25.8 Å². The van der Waals surface area contributed by atoms with Crippen LogP contribution in [0.3, 0.4) is 0 Å². The summed E-state index contributed by atoms with van der Waals surface area (Å²) in [6.45, 7) is 2.04. The lowest BCUT2D eigenvalue weighted by atomic mass is 10.1. The van der Waals surface area contributed by atoms with Gasteiger partial charge < -0.3 is 0 Å². The number of halogens is 2. The van der Waals surface area contributed by atoms with Crippen molar-refractivity contribution in [3.8, 4) is 10.6 Å². The van der Waals surface area contributed by atoms with Gasteiger partial charge in [-0.2, -0.15) is 4.37 Å². The second-order valence-corrected chi connectivity index (χ2v) is 4.83. The molecule has 1 aromatic carbocycles. The van der Waals surface area contributed by atoms with Crippen molar-refractivity contribution >= 4 is 39.1 Å². The van der Waals surface area contributed by atoms with Gasteiger partial charge in [0.05, 0.1) is 0 Å². The summed E-state index contributed by atoms with van der Waals surface area (Å²) >= 11 is 10.4. The Labute approximate surface area is 99.2 Å². The van der Waals surface area contributed by atoms with Gasteiger partial charge in [0.1, 0.15) is 5.01 Å². The lowest BCUT2D eigenvalue weighted by Crippen LogP contribution is -1.81. The van der Waals surface area contributed by atoms with Crippen LogP contribution >= 0.6 is 39.1 Å². The predicted octanol–water partition coefficient (Wildman–Crippen LogP) is 3.93. The van der Waals surface area contributed by atoms with Crippen molar-refractivity contribution in [3.05, 3.63) is 33.5 Å². The van der Waals surface area contributed by atoms with Crippen molar-refractivity contribution in [1.29, 1.82) is 0 Å². The van der Waals surface area contributed by atoms with Crippen LogP contribution in [0.5, 0.6) is 0 Å². The molecule has 72 valence electrons. The second kappa shape index (κ2) is 3.96. The van der Waals surface area contributed by atoms with E-state index < -0.39 is 0 Å². The van der Waals surface area contributed by atoms with Crippen LogP contribution in [-0.2, 0) is 0 Å². The van der Waals surface area contributed by atoms with Crippen LogP contribution in [0.2, 0.25) is 5.28 Å². The highest BCUT2D eigenvalue weighted by atomic mass is 79.9. The molecule has 0 amide bonds. The number of rotatable bonds is 1. The molecule has 2 nitrogen and oxygen atoms in total. The molecule has 0 N–H and O–H groups in total. The highest BCUT2D eigenvalue weighted by Gasteiger charge is 2.07. The van der Waals surface area contributed by atoms with Crippen molar-refractivity contribution in [3.63, 3.8) is 0 Å². The highest BCUT2D eigenvalue weighted by molar-refractivity contribution is 9.10. The lowest BCUT2D eigenvalue weighted by molar-refractivity contribution is 1.32. The van der Waals surface area contributed by atoms with Crippen LogP contribution in [0.1, 0.15) is 5.56 Å². The third kappa shape index (κ3) is 1.97. The molecule has 0 atom stereocenters. The third-order valence-electron chi connectivity index (χ3n) is 1.83. The molecule has 14 heavy (non-hydrogen) atoms. The third-order valence-corrected chi connectivity index (χ3v) is 3.34. The molecule has 0 aliphatic heterocycles. The molecule has 1 heterocycles. The normalized spacial score (nSPS) is 10.5. The zero-order valence-corrected chi connectivity index (χ0v) is 10.4. The Bertz CT molecular complexity index is 470. The summed E-state index contributed by atoms with van der Waals surface area (Å²) in [5.74, 6) is 0. The van der Waals surface area contributed by atoms with E-state index in [0.717, 1.165) is 15.0 Å². The molecule has 0 aliphatic carbocycles. The Morgan fingerprint density at radius 2 is 2.21 bits per heavy atom. The van der Waals surface area contributed by atoms with Crippen molar-refractivity contribution in [2.24, 2.45) is 0 Å². The van der Waals surface area contributed by atoms with E-state index in [-0.39, 0.29) is 0 Å². The maximum Gasteiger partial charge on any atom is 0.234 e. The lowest BCUT2D eigenvalue weighted by Gasteiger charge is -2.01. The SMILES string of the molecule is Cc1ccc(Br)cc1-c1nc(Cl)ns1. The summed E-state index contributed by atoms with van der Waals surface area (Å²) in [4.78, 5) is 4.13. The van der Waals surface area contributed by atoms with Crippen LogP contribution in [0, 0.1) is 6.92 Å². The highest BCUT2D eigenvalue weighted by Crippen LogP contribution is 2.28. The summed E-state index contributed by atoms with van der Waals surface area (Å²) in [5, 5.41) is 1.16.